The molecule has 0 unspecified atom stereocenters. The molecule has 0 aliphatic heterocycles. The molecule has 0 saturated heterocycles. The van der Waals surface area contributed by atoms with Crippen LogP contribution >= 0.6 is 24.8 Å². The van der Waals surface area contributed by atoms with Crippen LogP contribution in [0.5, 0.6) is 0 Å². The highest BCUT2D eigenvalue weighted by molar-refractivity contribution is 5.85. The minimum Gasteiger partial charge on any atom is -0.396 e. The molecule has 1 rings (SSSR count). The van der Waals surface area contributed by atoms with Gasteiger partial charge in [-0.15, -0.1) is 24.8 Å². The standard InChI is InChI=1S/C10H12F4N2.2ClH/c1-16(2)5-6-3-8(11)9(15)4-7(6)10(12,13)14;;/h3-4H,5,15H2,1-2H3;2*1H. The molecular weight excluding hydrogens is 295 g/mol. The van der Waals surface area contributed by atoms with Crippen molar-refractivity contribution in [1.29, 1.82) is 0 Å². The first-order valence-corrected chi connectivity index (χ1v) is 4.51. The van der Waals surface area contributed by atoms with Crippen molar-refractivity contribution in [3.8, 4) is 0 Å². The monoisotopic (exact) mass is 308 g/mol. The second-order valence-electron chi connectivity index (χ2n) is 3.77. The molecular formula is C10H14Cl2F4N2. The summed E-state index contributed by atoms with van der Waals surface area (Å²) in [5.74, 6) is -0.829. The summed E-state index contributed by atoms with van der Waals surface area (Å²) < 4.78 is 50.9. The van der Waals surface area contributed by atoms with Gasteiger partial charge in [-0.2, -0.15) is 13.2 Å². The van der Waals surface area contributed by atoms with E-state index in [1.54, 1.807) is 14.1 Å². The van der Waals surface area contributed by atoms with E-state index < -0.39 is 23.2 Å². The Labute approximate surface area is 115 Å². The van der Waals surface area contributed by atoms with Gasteiger partial charge in [-0.25, -0.2) is 4.39 Å². The molecule has 2 N–H and O–H groups in total. The van der Waals surface area contributed by atoms with Gasteiger partial charge in [0.05, 0.1) is 11.3 Å². The van der Waals surface area contributed by atoms with Crippen LogP contribution in [0.4, 0.5) is 23.2 Å². The van der Waals surface area contributed by atoms with E-state index in [2.05, 4.69) is 0 Å². The van der Waals surface area contributed by atoms with Gasteiger partial charge in [-0.1, -0.05) is 0 Å². The second-order valence-corrected chi connectivity index (χ2v) is 3.77. The summed E-state index contributed by atoms with van der Waals surface area (Å²) in [6.45, 7) is 0.00600. The number of nitrogens with zero attached hydrogens (tertiary/aromatic N) is 1. The topological polar surface area (TPSA) is 29.3 Å². The number of anilines is 1. The summed E-state index contributed by atoms with van der Waals surface area (Å²) in [5, 5.41) is 0. The van der Waals surface area contributed by atoms with Crippen LogP contribution < -0.4 is 5.73 Å². The van der Waals surface area contributed by atoms with Gasteiger partial charge in [-0.3, -0.25) is 0 Å². The molecule has 0 spiro atoms. The lowest BCUT2D eigenvalue weighted by molar-refractivity contribution is -0.138. The van der Waals surface area contributed by atoms with Crippen LogP contribution in [0.1, 0.15) is 11.1 Å². The molecule has 0 heterocycles. The number of rotatable bonds is 2. The predicted molar refractivity (Wildman–Crippen MR) is 67.7 cm³/mol. The van der Waals surface area contributed by atoms with Crippen molar-refractivity contribution < 1.29 is 17.6 Å². The number of halogens is 6. The molecule has 8 heteroatoms. The fourth-order valence-electron chi connectivity index (χ4n) is 1.37. The highest BCUT2D eigenvalue weighted by Crippen LogP contribution is 2.34. The minimum atomic E-state index is -4.52. The highest BCUT2D eigenvalue weighted by atomic mass is 35.5. The molecule has 2 nitrogen and oxygen atoms in total. The number of hydrogen-bond acceptors (Lipinski definition) is 2. The SMILES string of the molecule is CN(C)Cc1cc(F)c(N)cc1C(F)(F)F.Cl.Cl. The van der Waals surface area contributed by atoms with Crippen LogP contribution in [-0.4, -0.2) is 19.0 Å². The van der Waals surface area contributed by atoms with Crippen LogP contribution in [-0.2, 0) is 12.7 Å². The van der Waals surface area contributed by atoms with Crippen molar-refractivity contribution in [3.05, 3.63) is 29.1 Å². The zero-order valence-electron chi connectivity index (χ0n) is 9.71. The Morgan fingerprint density at radius 3 is 2.06 bits per heavy atom. The average Bonchev–Trinajstić information content (AvgIpc) is 2.08. The van der Waals surface area contributed by atoms with Crippen LogP contribution in [0.15, 0.2) is 12.1 Å². The Bertz CT molecular complexity index is 394. The van der Waals surface area contributed by atoms with E-state index in [9.17, 15) is 17.6 Å². The Morgan fingerprint density at radius 1 is 1.17 bits per heavy atom. The number of nitrogen functional groups attached to an aromatic ring is 1. The number of benzene rings is 1. The first kappa shape index (κ1) is 19.6. The molecule has 1 aromatic carbocycles. The summed E-state index contributed by atoms with van der Waals surface area (Å²) in [7, 11) is 3.21. The van der Waals surface area contributed by atoms with Crippen LogP contribution in [0.2, 0.25) is 0 Å². The number of nitrogens with two attached hydrogens (primary N) is 1. The van der Waals surface area contributed by atoms with Crippen molar-refractivity contribution >= 4 is 30.5 Å². The van der Waals surface area contributed by atoms with Crippen molar-refractivity contribution in [2.24, 2.45) is 0 Å². The van der Waals surface area contributed by atoms with E-state index in [0.717, 1.165) is 6.07 Å². The van der Waals surface area contributed by atoms with Crippen molar-refractivity contribution in [3.63, 3.8) is 0 Å². The summed E-state index contributed by atoms with van der Waals surface area (Å²) in [5.41, 5.74) is 3.63. The van der Waals surface area contributed by atoms with E-state index in [0.29, 0.717) is 6.07 Å². The molecule has 0 aliphatic carbocycles. The fraction of sp³-hybridized carbons (Fsp3) is 0.400. The Balaban J connectivity index is 0. The van der Waals surface area contributed by atoms with Crippen molar-refractivity contribution in [2.45, 2.75) is 12.7 Å². The molecule has 0 radical (unpaired) electrons. The zero-order valence-corrected chi connectivity index (χ0v) is 11.3. The van der Waals surface area contributed by atoms with Crippen molar-refractivity contribution in [1.82, 2.24) is 4.90 Å². The summed E-state index contributed by atoms with van der Waals surface area (Å²) >= 11 is 0. The van der Waals surface area contributed by atoms with Gasteiger partial charge in [0.2, 0.25) is 0 Å². The van der Waals surface area contributed by atoms with E-state index in [4.69, 9.17) is 5.73 Å². The van der Waals surface area contributed by atoms with E-state index in [1.807, 2.05) is 0 Å². The fourth-order valence-corrected chi connectivity index (χ4v) is 1.37. The Kier molecular flexibility index (Phi) is 7.64. The smallest absolute Gasteiger partial charge is 0.396 e. The van der Waals surface area contributed by atoms with Gasteiger partial charge in [0.1, 0.15) is 5.82 Å². The normalized spacial score (nSPS) is 10.8. The van der Waals surface area contributed by atoms with Gasteiger partial charge in [-0.05, 0) is 31.8 Å². The third kappa shape index (κ3) is 4.88. The van der Waals surface area contributed by atoms with E-state index >= 15 is 0 Å². The van der Waals surface area contributed by atoms with E-state index in [-0.39, 0.29) is 36.9 Å². The third-order valence-corrected chi connectivity index (χ3v) is 2.01. The molecule has 0 aliphatic rings. The van der Waals surface area contributed by atoms with Gasteiger partial charge >= 0.3 is 6.18 Å². The minimum absolute atomic E-state index is 0. The summed E-state index contributed by atoms with van der Waals surface area (Å²) in [4.78, 5) is 1.53. The average molecular weight is 309 g/mol. The lowest BCUT2D eigenvalue weighted by atomic mass is 10.1. The lowest BCUT2D eigenvalue weighted by Gasteiger charge is -2.17. The molecule has 0 aromatic heterocycles. The summed E-state index contributed by atoms with van der Waals surface area (Å²) in [6, 6.07) is 1.46. The largest absolute Gasteiger partial charge is 0.416 e. The first-order chi connectivity index (χ1) is 7.21. The molecule has 0 atom stereocenters. The molecule has 18 heavy (non-hydrogen) atoms. The number of alkyl halides is 3. The highest BCUT2D eigenvalue weighted by Gasteiger charge is 2.34. The van der Waals surface area contributed by atoms with Gasteiger partial charge < -0.3 is 10.6 Å². The van der Waals surface area contributed by atoms with E-state index in [1.165, 1.54) is 4.90 Å². The lowest BCUT2D eigenvalue weighted by Crippen LogP contribution is -2.17. The van der Waals surface area contributed by atoms with Crippen LogP contribution in [0, 0.1) is 5.82 Å². The Morgan fingerprint density at radius 2 is 1.67 bits per heavy atom. The molecule has 0 bridgehead atoms. The van der Waals surface area contributed by atoms with Gasteiger partial charge in [0, 0.05) is 6.54 Å². The molecule has 0 amide bonds. The van der Waals surface area contributed by atoms with Crippen LogP contribution in [0.3, 0.4) is 0 Å². The quantitative estimate of drug-likeness (QED) is 0.671. The number of hydrogen-bond donors (Lipinski definition) is 1. The second kappa shape index (κ2) is 7.01. The maximum Gasteiger partial charge on any atom is 0.416 e. The van der Waals surface area contributed by atoms with Crippen molar-refractivity contribution in [2.75, 3.05) is 19.8 Å². The van der Waals surface area contributed by atoms with Gasteiger partial charge in [0.15, 0.2) is 0 Å². The molecule has 0 fully saturated rings. The maximum absolute atomic E-state index is 13.1. The van der Waals surface area contributed by atoms with Gasteiger partial charge in [0.25, 0.3) is 0 Å². The van der Waals surface area contributed by atoms with Crippen LogP contribution in [0.25, 0.3) is 0 Å². The molecule has 0 saturated carbocycles. The third-order valence-electron chi connectivity index (χ3n) is 2.01. The first-order valence-electron chi connectivity index (χ1n) is 4.51. The molecule has 1 aromatic rings. The Hall–Kier alpha value is -0.720. The summed E-state index contributed by atoms with van der Waals surface area (Å²) in [6.07, 6.45) is -4.52. The predicted octanol–water partition coefficient (Wildman–Crippen LogP) is 3.33. The maximum atomic E-state index is 13.1. The zero-order chi connectivity index (χ0) is 12.5. The molecule has 106 valence electrons.